The Labute approximate surface area is 101 Å². The molecule has 0 amide bonds. The maximum Gasteiger partial charge on any atom is 0.115 e. The van der Waals surface area contributed by atoms with Crippen molar-refractivity contribution in [2.75, 3.05) is 24.3 Å². The molecule has 5 nitrogen and oxygen atoms in total. The first-order valence-corrected chi connectivity index (χ1v) is 5.37. The van der Waals surface area contributed by atoms with Crippen molar-refractivity contribution in [1.29, 1.82) is 0 Å². The quantitative estimate of drug-likeness (QED) is 0.862. The Kier molecular flexibility index (Phi) is 3.49. The summed E-state index contributed by atoms with van der Waals surface area (Å²) in [6, 6.07) is 3.86. The van der Waals surface area contributed by atoms with Crippen molar-refractivity contribution < 1.29 is 0 Å². The van der Waals surface area contributed by atoms with E-state index in [1.807, 2.05) is 37.3 Å². The lowest BCUT2D eigenvalue weighted by Crippen LogP contribution is -2.12. The standard InChI is InChI=1S/C12H15N5/c1-17(2)12-4-6-13-8-11(12)15-7-10-3-5-14-9-16-10/h3-6,8-9,15H,7H2,1-2H3. The molecule has 0 aromatic carbocycles. The summed E-state index contributed by atoms with van der Waals surface area (Å²) in [4.78, 5) is 14.2. The minimum absolute atomic E-state index is 0.662. The van der Waals surface area contributed by atoms with Crippen molar-refractivity contribution in [2.24, 2.45) is 0 Å². The highest BCUT2D eigenvalue weighted by atomic mass is 15.1. The number of nitrogens with one attached hydrogen (secondary N) is 1. The average Bonchev–Trinajstić information content (AvgIpc) is 2.38. The van der Waals surface area contributed by atoms with E-state index in [-0.39, 0.29) is 0 Å². The summed E-state index contributed by atoms with van der Waals surface area (Å²) in [5.41, 5.74) is 3.05. The number of rotatable bonds is 4. The Morgan fingerprint density at radius 1 is 1.18 bits per heavy atom. The zero-order valence-corrected chi connectivity index (χ0v) is 9.96. The van der Waals surface area contributed by atoms with Crippen LogP contribution < -0.4 is 10.2 Å². The molecule has 0 fully saturated rings. The average molecular weight is 229 g/mol. The summed E-state index contributed by atoms with van der Waals surface area (Å²) in [5.74, 6) is 0. The van der Waals surface area contributed by atoms with E-state index in [1.165, 1.54) is 0 Å². The Hall–Kier alpha value is -2.17. The van der Waals surface area contributed by atoms with E-state index in [1.54, 1.807) is 18.7 Å². The van der Waals surface area contributed by atoms with Gasteiger partial charge in [0.05, 0.1) is 29.8 Å². The van der Waals surface area contributed by atoms with Crippen molar-refractivity contribution in [1.82, 2.24) is 15.0 Å². The Bertz CT molecular complexity index is 469. The van der Waals surface area contributed by atoms with Crippen LogP contribution in [0.15, 0.2) is 37.1 Å². The molecular weight excluding hydrogens is 214 g/mol. The molecule has 0 atom stereocenters. The van der Waals surface area contributed by atoms with Crippen LogP contribution in [-0.4, -0.2) is 29.0 Å². The summed E-state index contributed by atoms with van der Waals surface area (Å²) in [5, 5.41) is 3.32. The third kappa shape index (κ3) is 2.90. The van der Waals surface area contributed by atoms with Crippen molar-refractivity contribution in [3.8, 4) is 0 Å². The fourth-order valence-electron chi connectivity index (χ4n) is 1.52. The molecule has 2 aromatic rings. The fraction of sp³-hybridized carbons (Fsp3) is 0.250. The Morgan fingerprint density at radius 2 is 2.00 bits per heavy atom. The number of pyridine rings is 1. The molecule has 0 saturated carbocycles. The number of hydrogen-bond donors (Lipinski definition) is 1. The van der Waals surface area contributed by atoms with Crippen molar-refractivity contribution in [3.05, 3.63) is 42.7 Å². The molecule has 0 unspecified atom stereocenters. The molecule has 0 saturated heterocycles. The molecule has 1 N–H and O–H groups in total. The summed E-state index contributed by atoms with van der Waals surface area (Å²) >= 11 is 0. The van der Waals surface area contributed by atoms with Gasteiger partial charge in [-0.15, -0.1) is 0 Å². The Balaban J connectivity index is 2.09. The molecule has 88 valence electrons. The highest BCUT2D eigenvalue weighted by molar-refractivity contribution is 5.67. The van der Waals surface area contributed by atoms with Crippen LogP contribution in [0, 0.1) is 0 Å². The van der Waals surface area contributed by atoms with E-state index in [0.29, 0.717) is 6.54 Å². The molecule has 0 bridgehead atoms. The molecular formula is C12H15N5. The van der Waals surface area contributed by atoms with Crippen molar-refractivity contribution in [3.63, 3.8) is 0 Å². The second-order valence-corrected chi connectivity index (χ2v) is 3.84. The van der Waals surface area contributed by atoms with E-state index >= 15 is 0 Å². The van der Waals surface area contributed by atoms with Gasteiger partial charge in [0.25, 0.3) is 0 Å². The smallest absolute Gasteiger partial charge is 0.115 e. The van der Waals surface area contributed by atoms with Crippen LogP contribution in [0.3, 0.4) is 0 Å². The van der Waals surface area contributed by atoms with Gasteiger partial charge in [-0.3, -0.25) is 4.98 Å². The molecule has 2 aromatic heterocycles. The van der Waals surface area contributed by atoms with Gasteiger partial charge in [-0.1, -0.05) is 0 Å². The van der Waals surface area contributed by atoms with Gasteiger partial charge in [0, 0.05) is 26.5 Å². The van der Waals surface area contributed by atoms with Crippen LogP contribution in [-0.2, 0) is 6.54 Å². The summed E-state index contributed by atoms with van der Waals surface area (Å²) in [6.07, 6.45) is 6.88. The summed E-state index contributed by atoms with van der Waals surface area (Å²) in [6.45, 7) is 0.662. The normalized spacial score (nSPS) is 10.0. The largest absolute Gasteiger partial charge is 0.376 e. The van der Waals surface area contributed by atoms with Crippen LogP contribution in [0.1, 0.15) is 5.69 Å². The topological polar surface area (TPSA) is 53.9 Å². The molecule has 5 heteroatoms. The lowest BCUT2D eigenvalue weighted by molar-refractivity contribution is 0.999. The first kappa shape index (κ1) is 11.3. The van der Waals surface area contributed by atoms with Gasteiger partial charge in [-0.05, 0) is 12.1 Å². The van der Waals surface area contributed by atoms with Crippen LogP contribution >= 0.6 is 0 Å². The van der Waals surface area contributed by atoms with Gasteiger partial charge in [-0.25, -0.2) is 9.97 Å². The SMILES string of the molecule is CN(C)c1ccncc1NCc1ccncn1. The van der Waals surface area contributed by atoms with Crippen LogP contribution in [0.25, 0.3) is 0 Å². The van der Waals surface area contributed by atoms with Gasteiger partial charge in [-0.2, -0.15) is 0 Å². The number of aromatic nitrogens is 3. The van der Waals surface area contributed by atoms with Gasteiger partial charge in [0.15, 0.2) is 0 Å². The second kappa shape index (κ2) is 5.25. The van der Waals surface area contributed by atoms with Gasteiger partial charge >= 0.3 is 0 Å². The van der Waals surface area contributed by atoms with Crippen LogP contribution in [0.2, 0.25) is 0 Å². The zero-order chi connectivity index (χ0) is 12.1. The molecule has 0 aliphatic heterocycles. The maximum atomic E-state index is 4.16. The lowest BCUT2D eigenvalue weighted by atomic mass is 10.3. The van der Waals surface area contributed by atoms with E-state index in [2.05, 4.69) is 20.3 Å². The minimum Gasteiger partial charge on any atom is -0.376 e. The minimum atomic E-state index is 0.662. The van der Waals surface area contributed by atoms with Crippen molar-refractivity contribution >= 4 is 11.4 Å². The Morgan fingerprint density at radius 3 is 2.71 bits per heavy atom. The monoisotopic (exact) mass is 229 g/mol. The van der Waals surface area contributed by atoms with Crippen LogP contribution in [0.4, 0.5) is 11.4 Å². The third-order valence-corrected chi connectivity index (χ3v) is 2.38. The zero-order valence-electron chi connectivity index (χ0n) is 9.96. The highest BCUT2D eigenvalue weighted by Gasteiger charge is 2.03. The summed E-state index contributed by atoms with van der Waals surface area (Å²) in [7, 11) is 4.01. The molecule has 2 heterocycles. The van der Waals surface area contributed by atoms with Crippen molar-refractivity contribution in [2.45, 2.75) is 6.54 Å². The van der Waals surface area contributed by atoms with E-state index < -0.39 is 0 Å². The lowest BCUT2D eigenvalue weighted by Gasteiger charge is -2.17. The third-order valence-electron chi connectivity index (χ3n) is 2.38. The molecule has 0 aliphatic carbocycles. The van der Waals surface area contributed by atoms with Crippen LogP contribution in [0.5, 0.6) is 0 Å². The van der Waals surface area contributed by atoms with Gasteiger partial charge < -0.3 is 10.2 Å². The second-order valence-electron chi connectivity index (χ2n) is 3.84. The first-order chi connectivity index (χ1) is 8.27. The van der Waals surface area contributed by atoms with Gasteiger partial charge in [0.1, 0.15) is 6.33 Å². The fourth-order valence-corrected chi connectivity index (χ4v) is 1.52. The molecule has 17 heavy (non-hydrogen) atoms. The number of hydrogen-bond acceptors (Lipinski definition) is 5. The molecule has 0 radical (unpaired) electrons. The van der Waals surface area contributed by atoms with E-state index in [4.69, 9.17) is 0 Å². The molecule has 0 aliphatic rings. The predicted molar refractivity (Wildman–Crippen MR) is 67.9 cm³/mol. The predicted octanol–water partition coefficient (Wildman–Crippen LogP) is 1.55. The number of anilines is 2. The summed E-state index contributed by atoms with van der Waals surface area (Å²) < 4.78 is 0. The highest BCUT2D eigenvalue weighted by Crippen LogP contribution is 2.22. The van der Waals surface area contributed by atoms with E-state index in [9.17, 15) is 0 Å². The van der Waals surface area contributed by atoms with E-state index in [0.717, 1.165) is 17.1 Å². The van der Waals surface area contributed by atoms with Gasteiger partial charge in [0.2, 0.25) is 0 Å². The molecule has 0 spiro atoms. The first-order valence-electron chi connectivity index (χ1n) is 5.37. The molecule has 2 rings (SSSR count). The number of nitrogens with zero attached hydrogens (tertiary/aromatic N) is 4. The maximum absolute atomic E-state index is 4.16.